The molecule has 0 bridgehead atoms. The van der Waals surface area contributed by atoms with Crippen LogP contribution in [0.1, 0.15) is 53.4 Å². The molecule has 0 amide bonds. The molecule has 6 nitrogen and oxygen atoms in total. The van der Waals surface area contributed by atoms with Gasteiger partial charge in [-0.25, -0.2) is 0 Å². The molecule has 0 heterocycles. The predicted molar refractivity (Wildman–Crippen MR) is 83.2 cm³/mol. The molecular weight excluding hydrogens is 316 g/mol. The summed E-state index contributed by atoms with van der Waals surface area (Å²) in [6, 6.07) is 0. The zero-order chi connectivity index (χ0) is 16.7. The van der Waals surface area contributed by atoms with Gasteiger partial charge in [0.1, 0.15) is 0 Å². The zero-order valence-electron chi connectivity index (χ0n) is 13.3. The van der Waals surface area contributed by atoms with Crippen molar-refractivity contribution >= 4 is 20.2 Å². The first-order valence-electron chi connectivity index (χ1n) is 7.27. The summed E-state index contributed by atoms with van der Waals surface area (Å²) in [6.45, 7) is 8.12. The summed E-state index contributed by atoms with van der Waals surface area (Å²) in [5.41, 5.74) is 0. The van der Waals surface area contributed by atoms with Crippen molar-refractivity contribution in [2.75, 3.05) is 11.5 Å². The maximum absolute atomic E-state index is 11.9. The Morgan fingerprint density at radius 2 is 1.48 bits per heavy atom. The molecule has 0 aliphatic heterocycles. The van der Waals surface area contributed by atoms with Crippen molar-refractivity contribution in [2.24, 2.45) is 11.8 Å². The van der Waals surface area contributed by atoms with E-state index in [-0.39, 0.29) is 12.5 Å². The van der Waals surface area contributed by atoms with Crippen molar-refractivity contribution in [3.8, 4) is 0 Å². The average molecular weight is 344 g/mol. The molecule has 0 aliphatic carbocycles. The molecule has 0 radical (unpaired) electrons. The van der Waals surface area contributed by atoms with E-state index in [1.807, 2.05) is 13.8 Å². The first kappa shape index (κ1) is 20.8. The fraction of sp³-hybridized carbons (Fsp3) is 1.00. The normalized spacial score (nSPS) is 14.8. The zero-order valence-corrected chi connectivity index (χ0v) is 14.9. The van der Waals surface area contributed by atoms with Crippen LogP contribution in [0.25, 0.3) is 0 Å². The Balaban J connectivity index is 4.50. The number of rotatable bonds is 11. The quantitative estimate of drug-likeness (QED) is 0.457. The standard InChI is InChI=1S/C13H28O6S2/c1-11(2)6-7-13(10-12(3)4)19-21(17,18)9-5-8-20(14,15)16/h11-13H,5-10H2,1-4H3,(H,14,15,16). The molecule has 0 rings (SSSR count). The van der Waals surface area contributed by atoms with E-state index in [0.717, 1.165) is 6.42 Å². The van der Waals surface area contributed by atoms with E-state index in [1.54, 1.807) is 0 Å². The average Bonchev–Trinajstić information content (AvgIpc) is 2.22. The van der Waals surface area contributed by atoms with Gasteiger partial charge >= 0.3 is 0 Å². The third-order valence-electron chi connectivity index (χ3n) is 2.88. The van der Waals surface area contributed by atoms with E-state index in [2.05, 4.69) is 13.8 Å². The second kappa shape index (κ2) is 9.07. The van der Waals surface area contributed by atoms with Gasteiger partial charge in [0.15, 0.2) is 0 Å². The Morgan fingerprint density at radius 3 is 1.90 bits per heavy atom. The van der Waals surface area contributed by atoms with E-state index in [4.69, 9.17) is 8.74 Å². The van der Waals surface area contributed by atoms with E-state index in [1.165, 1.54) is 0 Å². The Labute approximate surface area is 129 Å². The molecule has 0 saturated heterocycles. The molecule has 0 saturated carbocycles. The van der Waals surface area contributed by atoms with Crippen molar-refractivity contribution < 1.29 is 25.6 Å². The van der Waals surface area contributed by atoms with E-state index in [0.29, 0.717) is 24.7 Å². The second-order valence-corrected chi connectivity index (χ2v) is 9.51. The molecule has 1 atom stereocenters. The molecule has 0 aromatic heterocycles. The maximum atomic E-state index is 11.9. The summed E-state index contributed by atoms with van der Waals surface area (Å²) in [6.07, 6.45) is 1.64. The van der Waals surface area contributed by atoms with Gasteiger partial charge in [0.2, 0.25) is 0 Å². The third kappa shape index (κ3) is 13.2. The van der Waals surface area contributed by atoms with Crippen molar-refractivity contribution in [2.45, 2.75) is 59.5 Å². The summed E-state index contributed by atoms with van der Waals surface area (Å²) in [4.78, 5) is 0. The summed E-state index contributed by atoms with van der Waals surface area (Å²) < 4.78 is 58.7. The van der Waals surface area contributed by atoms with Gasteiger partial charge in [0.05, 0.1) is 17.6 Å². The number of hydrogen-bond acceptors (Lipinski definition) is 5. The van der Waals surface area contributed by atoms with E-state index in [9.17, 15) is 16.8 Å². The molecule has 0 fully saturated rings. The van der Waals surface area contributed by atoms with Gasteiger partial charge < -0.3 is 0 Å². The van der Waals surface area contributed by atoms with E-state index >= 15 is 0 Å². The highest BCUT2D eigenvalue weighted by atomic mass is 32.2. The van der Waals surface area contributed by atoms with Crippen molar-refractivity contribution in [1.82, 2.24) is 0 Å². The lowest BCUT2D eigenvalue weighted by Gasteiger charge is -2.20. The topological polar surface area (TPSA) is 97.7 Å². The van der Waals surface area contributed by atoms with Crippen LogP contribution in [0.5, 0.6) is 0 Å². The third-order valence-corrected chi connectivity index (χ3v) is 5.04. The summed E-state index contributed by atoms with van der Waals surface area (Å²) in [7, 11) is -7.91. The van der Waals surface area contributed by atoms with Gasteiger partial charge in [-0.2, -0.15) is 16.8 Å². The number of hydrogen-bond donors (Lipinski definition) is 1. The van der Waals surface area contributed by atoms with Crippen LogP contribution in [-0.4, -0.2) is 39.0 Å². The molecule has 1 unspecified atom stereocenters. The molecule has 0 aromatic rings. The molecule has 1 N–H and O–H groups in total. The van der Waals surface area contributed by atoms with Gasteiger partial charge in [-0.15, -0.1) is 0 Å². The minimum absolute atomic E-state index is 0.167. The largest absolute Gasteiger partial charge is 0.286 e. The predicted octanol–water partition coefficient (Wildman–Crippen LogP) is 2.46. The maximum Gasteiger partial charge on any atom is 0.267 e. The van der Waals surface area contributed by atoms with Crippen LogP contribution < -0.4 is 0 Å². The Hall–Kier alpha value is -0.180. The first-order valence-corrected chi connectivity index (χ1v) is 10.5. The molecular formula is C13H28O6S2. The lowest BCUT2D eigenvalue weighted by molar-refractivity contribution is 0.164. The van der Waals surface area contributed by atoms with Crippen LogP contribution in [0.3, 0.4) is 0 Å². The fourth-order valence-corrected chi connectivity index (χ4v) is 3.80. The molecule has 128 valence electrons. The minimum Gasteiger partial charge on any atom is -0.286 e. The monoisotopic (exact) mass is 344 g/mol. The Kier molecular flexibility index (Phi) is 8.99. The lowest BCUT2D eigenvalue weighted by atomic mass is 9.99. The Bertz CT molecular complexity index is 479. The molecule has 0 aromatic carbocycles. The van der Waals surface area contributed by atoms with Gasteiger partial charge in [-0.1, -0.05) is 27.7 Å². The highest BCUT2D eigenvalue weighted by molar-refractivity contribution is 7.87. The van der Waals surface area contributed by atoms with Crippen molar-refractivity contribution in [3.63, 3.8) is 0 Å². The van der Waals surface area contributed by atoms with Crippen LogP contribution >= 0.6 is 0 Å². The van der Waals surface area contributed by atoms with Crippen LogP contribution in [-0.2, 0) is 24.4 Å². The van der Waals surface area contributed by atoms with Crippen LogP contribution in [0.15, 0.2) is 0 Å². The van der Waals surface area contributed by atoms with Crippen molar-refractivity contribution in [3.05, 3.63) is 0 Å². The van der Waals surface area contributed by atoms with Crippen LogP contribution in [0.4, 0.5) is 0 Å². The summed E-state index contributed by atoms with van der Waals surface area (Å²) in [5, 5.41) is 0. The highest BCUT2D eigenvalue weighted by Gasteiger charge is 2.21. The summed E-state index contributed by atoms with van der Waals surface area (Å²) in [5.74, 6) is -0.194. The molecule has 8 heteroatoms. The fourth-order valence-electron chi connectivity index (χ4n) is 1.92. The first-order chi connectivity index (χ1) is 9.41. The SMILES string of the molecule is CC(C)CCC(CC(C)C)OS(=O)(=O)CCCS(=O)(=O)O. The van der Waals surface area contributed by atoms with Gasteiger partial charge in [-0.3, -0.25) is 8.74 Å². The Morgan fingerprint density at radius 1 is 0.905 bits per heavy atom. The minimum atomic E-state index is -4.14. The van der Waals surface area contributed by atoms with Crippen LogP contribution in [0, 0.1) is 11.8 Å². The van der Waals surface area contributed by atoms with Gasteiger partial charge in [-0.05, 0) is 37.5 Å². The van der Waals surface area contributed by atoms with Crippen LogP contribution in [0.2, 0.25) is 0 Å². The second-order valence-electron chi connectivity index (χ2n) is 6.22. The summed E-state index contributed by atoms with van der Waals surface area (Å²) >= 11 is 0. The smallest absolute Gasteiger partial charge is 0.267 e. The van der Waals surface area contributed by atoms with Crippen molar-refractivity contribution in [1.29, 1.82) is 0 Å². The van der Waals surface area contributed by atoms with Gasteiger partial charge in [0, 0.05) is 0 Å². The van der Waals surface area contributed by atoms with Gasteiger partial charge in [0.25, 0.3) is 20.2 Å². The molecule has 0 spiro atoms. The molecule has 21 heavy (non-hydrogen) atoms. The molecule has 0 aliphatic rings. The lowest BCUT2D eigenvalue weighted by Crippen LogP contribution is -2.23. The highest BCUT2D eigenvalue weighted by Crippen LogP contribution is 2.19. The van der Waals surface area contributed by atoms with E-state index < -0.39 is 31.7 Å².